The van der Waals surface area contributed by atoms with Crippen LogP contribution in [0, 0.1) is 5.41 Å². The van der Waals surface area contributed by atoms with Crippen molar-refractivity contribution in [3.8, 4) is 0 Å². The number of allylic oxidation sites excluding steroid dienone is 2. The molecule has 20 heavy (non-hydrogen) atoms. The number of nitrogens with one attached hydrogen (secondary N) is 2. The molecule has 0 unspecified atom stereocenters. The molecule has 0 radical (unpaired) electrons. The van der Waals surface area contributed by atoms with E-state index in [0.29, 0.717) is 0 Å². The molecule has 0 fully saturated rings. The van der Waals surface area contributed by atoms with Crippen molar-refractivity contribution >= 4 is 23.5 Å². The van der Waals surface area contributed by atoms with E-state index >= 15 is 0 Å². The van der Waals surface area contributed by atoms with E-state index in [4.69, 9.17) is 11.1 Å². The Labute approximate surface area is 118 Å². The minimum absolute atomic E-state index is 0.345. The highest BCUT2D eigenvalue weighted by Gasteiger charge is 2.09. The molecule has 0 spiro atoms. The largest absolute Gasteiger partial charge is 0.370 e. The normalized spacial score (nSPS) is 14.9. The fourth-order valence-electron chi connectivity index (χ4n) is 2.36. The van der Waals surface area contributed by atoms with Gasteiger partial charge >= 0.3 is 0 Å². The zero-order chi connectivity index (χ0) is 14.4. The Morgan fingerprint density at radius 1 is 1.30 bits per heavy atom. The molecule has 1 aliphatic carbocycles. The maximum Gasteiger partial charge on any atom is 0.250 e. The molecule has 0 saturated heterocycles. The second-order valence-corrected chi connectivity index (χ2v) is 4.80. The topological polar surface area (TPSA) is 79.0 Å². The van der Waals surface area contributed by atoms with Gasteiger partial charge in [-0.05, 0) is 48.5 Å². The van der Waals surface area contributed by atoms with Crippen LogP contribution in [0.2, 0.25) is 0 Å². The van der Waals surface area contributed by atoms with Crippen molar-refractivity contribution in [1.82, 2.24) is 5.32 Å². The van der Waals surface area contributed by atoms with E-state index in [0.717, 1.165) is 18.4 Å². The molecule has 1 aliphatic rings. The fraction of sp³-hybridized carbons (Fsp3) is 0.250. The predicted molar refractivity (Wildman–Crippen MR) is 82.0 cm³/mol. The van der Waals surface area contributed by atoms with Crippen LogP contribution >= 0.6 is 0 Å². The van der Waals surface area contributed by atoms with E-state index in [1.165, 1.54) is 30.1 Å². The molecule has 0 heterocycles. The highest BCUT2D eigenvalue weighted by Crippen LogP contribution is 2.29. The first kappa shape index (κ1) is 14.1. The lowest BCUT2D eigenvalue weighted by Gasteiger charge is -2.15. The predicted octanol–water partition coefficient (Wildman–Crippen LogP) is 2.67. The van der Waals surface area contributed by atoms with Crippen LogP contribution in [0.25, 0.3) is 11.6 Å². The minimum Gasteiger partial charge on any atom is -0.370 e. The highest BCUT2D eigenvalue weighted by atomic mass is 16.1. The summed E-state index contributed by atoms with van der Waals surface area (Å²) in [7, 11) is 0. The average Bonchev–Trinajstić information content (AvgIpc) is 2.46. The highest BCUT2D eigenvalue weighted by molar-refractivity contribution is 6.02. The lowest BCUT2D eigenvalue weighted by molar-refractivity contribution is -0.115. The summed E-state index contributed by atoms with van der Waals surface area (Å²) in [6.45, 7) is 0. The van der Waals surface area contributed by atoms with Crippen molar-refractivity contribution < 1.29 is 4.79 Å². The second-order valence-electron chi connectivity index (χ2n) is 4.80. The molecule has 4 heteroatoms. The van der Waals surface area contributed by atoms with Gasteiger partial charge in [-0.25, -0.2) is 0 Å². The van der Waals surface area contributed by atoms with Gasteiger partial charge in [0.05, 0.1) is 0 Å². The van der Waals surface area contributed by atoms with Gasteiger partial charge in [-0.2, -0.15) is 0 Å². The molecule has 104 valence electrons. The summed E-state index contributed by atoms with van der Waals surface area (Å²) < 4.78 is 0. The number of carbonyl (C=O) groups excluding carboxylic acids is 1. The third kappa shape index (κ3) is 3.82. The van der Waals surface area contributed by atoms with Crippen LogP contribution in [0.3, 0.4) is 0 Å². The van der Waals surface area contributed by atoms with E-state index < -0.39 is 0 Å². The third-order valence-electron chi connectivity index (χ3n) is 3.27. The van der Waals surface area contributed by atoms with E-state index in [9.17, 15) is 4.79 Å². The molecule has 0 bridgehead atoms. The number of hydrogen-bond donors (Lipinski definition) is 3. The first-order valence-electron chi connectivity index (χ1n) is 6.78. The van der Waals surface area contributed by atoms with Crippen molar-refractivity contribution in [2.24, 2.45) is 5.73 Å². The zero-order valence-corrected chi connectivity index (χ0v) is 11.4. The molecule has 1 amide bonds. The molecular formula is C16H19N3O. The smallest absolute Gasteiger partial charge is 0.250 e. The number of rotatable bonds is 3. The maximum atomic E-state index is 11.5. The van der Waals surface area contributed by atoms with E-state index in [-0.39, 0.29) is 11.9 Å². The van der Waals surface area contributed by atoms with Gasteiger partial charge in [-0.1, -0.05) is 30.3 Å². The van der Waals surface area contributed by atoms with Crippen molar-refractivity contribution in [1.29, 1.82) is 5.41 Å². The summed E-state index contributed by atoms with van der Waals surface area (Å²) in [4.78, 5) is 11.5. The Bertz CT molecular complexity index is 573. The van der Waals surface area contributed by atoms with Crippen molar-refractivity contribution in [3.63, 3.8) is 0 Å². The van der Waals surface area contributed by atoms with Crippen LogP contribution in [0.4, 0.5) is 0 Å². The second kappa shape index (κ2) is 6.70. The van der Waals surface area contributed by atoms with Crippen molar-refractivity contribution in [2.75, 3.05) is 0 Å². The van der Waals surface area contributed by atoms with Crippen LogP contribution in [-0.2, 0) is 4.79 Å². The molecule has 4 nitrogen and oxygen atoms in total. The van der Waals surface area contributed by atoms with Crippen LogP contribution in [0.5, 0.6) is 0 Å². The van der Waals surface area contributed by atoms with Gasteiger partial charge in [0.2, 0.25) is 0 Å². The van der Waals surface area contributed by atoms with Crippen LogP contribution in [0.1, 0.15) is 36.8 Å². The van der Waals surface area contributed by atoms with Gasteiger partial charge in [0.25, 0.3) is 5.91 Å². The molecule has 4 N–H and O–H groups in total. The Balaban J connectivity index is 2.20. The lowest BCUT2D eigenvalue weighted by Crippen LogP contribution is -2.34. The number of benzene rings is 1. The fourth-order valence-corrected chi connectivity index (χ4v) is 2.36. The molecule has 1 aromatic carbocycles. The number of carbonyl (C=O) groups is 1. The first-order valence-corrected chi connectivity index (χ1v) is 6.78. The summed E-state index contributed by atoms with van der Waals surface area (Å²) in [6.07, 6.45) is 10.1. The van der Waals surface area contributed by atoms with Crippen LogP contribution < -0.4 is 11.1 Å². The summed E-state index contributed by atoms with van der Waals surface area (Å²) in [5, 5.41) is 9.25. The van der Waals surface area contributed by atoms with Gasteiger partial charge < -0.3 is 5.73 Å². The van der Waals surface area contributed by atoms with E-state index in [1.54, 1.807) is 6.08 Å². The molecule has 2 rings (SSSR count). The van der Waals surface area contributed by atoms with Gasteiger partial charge in [0, 0.05) is 6.08 Å². The quantitative estimate of drug-likeness (QED) is 0.448. The van der Waals surface area contributed by atoms with E-state index in [2.05, 4.69) is 17.5 Å². The Kier molecular flexibility index (Phi) is 4.71. The summed E-state index contributed by atoms with van der Waals surface area (Å²) in [6, 6.07) is 8.04. The molecule has 0 atom stereocenters. The summed E-state index contributed by atoms with van der Waals surface area (Å²) >= 11 is 0. The Morgan fingerprint density at radius 3 is 2.80 bits per heavy atom. The zero-order valence-electron chi connectivity index (χ0n) is 11.4. The SMILES string of the molecule is N=C(N)NC(=O)C=Cc1ccccc1C1=CCCCC1. The summed E-state index contributed by atoms with van der Waals surface area (Å²) in [5.74, 6) is -0.729. The van der Waals surface area contributed by atoms with Crippen molar-refractivity contribution in [2.45, 2.75) is 25.7 Å². The standard InChI is InChI=1S/C16H19N3O/c17-16(18)19-15(20)11-10-13-8-4-5-9-14(13)12-6-2-1-3-7-12/h4-6,8-11H,1-3,7H2,(H4,17,18,19,20). The lowest BCUT2D eigenvalue weighted by atomic mass is 9.90. The average molecular weight is 269 g/mol. The van der Waals surface area contributed by atoms with Crippen molar-refractivity contribution in [3.05, 3.63) is 47.5 Å². The minimum atomic E-state index is -0.384. The van der Waals surface area contributed by atoms with Crippen LogP contribution in [-0.4, -0.2) is 11.9 Å². The molecule has 0 aliphatic heterocycles. The first-order chi connectivity index (χ1) is 9.66. The number of hydrogen-bond acceptors (Lipinski definition) is 2. The number of guanidine groups is 1. The third-order valence-corrected chi connectivity index (χ3v) is 3.27. The molecule has 0 saturated carbocycles. The number of nitrogens with two attached hydrogens (primary N) is 1. The maximum absolute atomic E-state index is 11.5. The molecule has 1 aromatic rings. The van der Waals surface area contributed by atoms with E-state index in [1.807, 2.05) is 18.2 Å². The van der Waals surface area contributed by atoms with Gasteiger partial charge in [0.15, 0.2) is 5.96 Å². The molecule has 0 aromatic heterocycles. The van der Waals surface area contributed by atoms with Gasteiger partial charge in [-0.3, -0.25) is 15.5 Å². The molecular weight excluding hydrogens is 250 g/mol. The number of amides is 1. The van der Waals surface area contributed by atoms with Gasteiger partial charge in [0.1, 0.15) is 0 Å². The Hall–Kier alpha value is -2.36. The van der Waals surface area contributed by atoms with Gasteiger partial charge in [-0.15, -0.1) is 0 Å². The Morgan fingerprint density at radius 2 is 2.10 bits per heavy atom. The monoisotopic (exact) mass is 269 g/mol. The van der Waals surface area contributed by atoms with Crippen LogP contribution in [0.15, 0.2) is 36.4 Å². The summed E-state index contributed by atoms with van der Waals surface area (Å²) in [5.41, 5.74) is 8.66.